The molecule has 4 heterocycles. The number of nitrogens with zero attached hydrogens (tertiary/aromatic N) is 4. The molecule has 1 aliphatic heterocycles. The van der Waals surface area contributed by atoms with Crippen LogP contribution in [0.4, 0.5) is 23.4 Å². The zero-order chi connectivity index (χ0) is 25.3. The van der Waals surface area contributed by atoms with Crippen molar-refractivity contribution in [2.45, 2.75) is 43.8 Å². The van der Waals surface area contributed by atoms with Crippen LogP contribution in [0.25, 0.3) is 22.4 Å². The molecule has 2 aliphatic rings. The third kappa shape index (κ3) is 5.43. The second-order valence-corrected chi connectivity index (χ2v) is 9.57. The number of pyridine rings is 1. The Kier molecular flexibility index (Phi) is 6.54. The molecule has 0 radical (unpaired) electrons. The molecule has 36 heavy (non-hydrogen) atoms. The molecule has 1 aliphatic carbocycles. The minimum atomic E-state index is -4.56. The van der Waals surface area contributed by atoms with Crippen LogP contribution in [0.15, 0.2) is 30.7 Å². The molecule has 1 saturated carbocycles. The summed E-state index contributed by atoms with van der Waals surface area (Å²) in [5.41, 5.74) is -0.238. The zero-order valence-electron chi connectivity index (χ0n) is 19.5. The maximum absolute atomic E-state index is 14.9. The summed E-state index contributed by atoms with van der Waals surface area (Å²) in [4.78, 5) is 30.9. The molecule has 0 atom stereocenters. The van der Waals surface area contributed by atoms with Gasteiger partial charge in [0.15, 0.2) is 17.5 Å². The number of fused-ring (bicyclic) bond motifs is 1. The number of H-pyrrole nitrogens is 1. The first-order valence-corrected chi connectivity index (χ1v) is 12.0. The molecule has 3 N–H and O–H groups in total. The third-order valence-electron chi connectivity index (χ3n) is 6.94. The van der Waals surface area contributed by atoms with E-state index >= 15 is 0 Å². The number of carbonyl (C=O) groups excluding carboxylic acids is 1. The molecule has 0 bridgehead atoms. The fourth-order valence-electron chi connectivity index (χ4n) is 4.64. The van der Waals surface area contributed by atoms with E-state index in [2.05, 4.69) is 30.2 Å². The average molecular weight is 506 g/mol. The van der Waals surface area contributed by atoms with E-state index in [0.29, 0.717) is 24.3 Å². The van der Waals surface area contributed by atoms with Crippen molar-refractivity contribution in [3.8, 4) is 11.4 Å². The highest BCUT2D eigenvalue weighted by atomic mass is 19.4. The summed E-state index contributed by atoms with van der Waals surface area (Å²) >= 11 is 0. The Morgan fingerprint density at radius 3 is 2.72 bits per heavy atom. The van der Waals surface area contributed by atoms with Gasteiger partial charge in [-0.3, -0.25) is 4.79 Å². The molecule has 3 aromatic rings. The van der Waals surface area contributed by atoms with Gasteiger partial charge in [0.1, 0.15) is 17.7 Å². The van der Waals surface area contributed by atoms with E-state index in [9.17, 15) is 22.4 Å². The first kappa shape index (κ1) is 24.4. The number of rotatable bonds is 8. The number of piperidine rings is 1. The molecule has 5 rings (SSSR count). The van der Waals surface area contributed by atoms with Crippen molar-refractivity contribution < 1.29 is 22.4 Å². The van der Waals surface area contributed by atoms with Crippen LogP contribution < -0.4 is 10.6 Å². The number of aromatic amines is 1. The predicted octanol–water partition coefficient (Wildman–Crippen LogP) is 3.88. The molecule has 0 unspecified atom stereocenters. The van der Waals surface area contributed by atoms with Crippen molar-refractivity contribution in [3.05, 3.63) is 36.5 Å². The first-order valence-electron chi connectivity index (χ1n) is 12.0. The summed E-state index contributed by atoms with van der Waals surface area (Å²) in [6, 6.07) is 3.57. The van der Waals surface area contributed by atoms with E-state index in [0.717, 1.165) is 30.5 Å². The van der Waals surface area contributed by atoms with Gasteiger partial charge in [-0.15, -0.1) is 0 Å². The van der Waals surface area contributed by atoms with Crippen molar-refractivity contribution in [1.29, 1.82) is 0 Å². The standard InChI is InChI=1S/C24H27F4N7O/c25-18-13-31-20(17-12-30-19-16(17)2-1-8-29-19)33-21(18)34-23(22(36)32-14-24(26,27)28)6-10-35(11-7-23)9-5-15-3-4-15/h1-2,8,12-13,15H,3-7,9-11,14H2,(H,29,30)(H,32,36)(H,31,33,34). The second kappa shape index (κ2) is 9.64. The van der Waals surface area contributed by atoms with Crippen LogP contribution in [0.1, 0.15) is 32.1 Å². The summed E-state index contributed by atoms with van der Waals surface area (Å²) in [5, 5.41) is 5.61. The number of aromatic nitrogens is 4. The van der Waals surface area contributed by atoms with E-state index in [1.807, 2.05) is 11.4 Å². The van der Waals surface area contributed by atoms with Crippen molar-refractivity contribution in [2.75, 3.05) is 31.5 Å². The Balaban J connectivity index is 1.40. The third-order valence-corrected chi connectivity index (χ3v) is 6.94. The molecule has 3 aromatic heterocycles. The monoisotopic (exact) mass is 505 g/mol. The molecule has 192 valence electrons. The van der Waals surface area contributed by atoms with E-state index in [1.54, 1.807) is 18.5 Å². The largest absolute Gasteiger partial charge is 0.405 e. The molecular weight excluding hydrogens is 478 g/mol. The molecule has 8 nitrogen and oxygen atoms in total. The fraction of sp³-hybridized carbons (Fsp3) is 0.500. The number of nitrogens with one attached hydrogen (secondary N) is 3. The van der Waals surface area contributed by atoms with Gasteiger partial charge in [0, 0.05) is 36.4 Å². The Labute approximate surface area is 204 Å². The predicted molar refractivity (Wildman–Crippen MR) is 126 cm³/mol. The van der Waals surface area contributed by atoms with Gasteiger partial charge in [0.25, 0.3) is 0 Å². The SMILES string of the molecule is O=C(NCC(F)(F)F)C1(Nc2nc(-c3c[nH]c4ncccc34)ncc2F)CCN(CCC2CC2)CC1. The van der Waals surface area contributed by atoms with Gasteiger partial charge >= 0.3 is 6.18 Å². The summed E-state index contributed by atoms with van der Waals surface area (Å²) < 4.78 is 53.4. The number of alkyl halides is 3. The number of hydrogen-bond donors (Lipinski definition) is 3. The maximum Gasteiger partial charge on any atom is 0.405 e. The van der Waals surface area contributed by atoms with Gasteiger partial charge in [0.05, 0.1) is 6.20 Å². The molecule has 1 amide bonds. The molecule has 0 spiro atoms. The highest BCUT2D eigenvalue weighted by molar-refractivity contribution is 5.92. The van der Waals surface area contributed by atoms with Crippen LogP contribution >= 0.6 is 0 Å². The zero-order valence-corrected chi connectivity index (χ0v) is 19.5. The lowest BCUT2D eigenvalue weighted by atomic mass is 9.86. The highest BCUT2D eigenvalue weighted by Crippen LogP contribution is 2.34. The maximum atomic E-state index is 14.9. The molecule has 0 aromatic carbocycles. The van der Waals surface area contributed by atoms with E-state index in [4.69, 9.17) is 0 Å². The molecule has 1 saturated heterocycles. The summed E-state index contributed by atoms with van der Waals surface area (Å²) in [6.45, 7) is 0.436. The lowest BCUT2D eigenvalue weighted by Crippen LogP contribution is -2.59. The van der Waals surface area contributed by atoms with Gasteiger partial charge in [-0.2, -0.15) is 13.2 Å². The van der Waals surface area contributed by atoms with Gasteiger partial charge in [-0.25, -0.2) is 19.3 Å². The van der Waals surface area contributed by atoms with Crippen LogP contribution in [0.5, 0.6) is 0 Å². The Morgan fingerprint density at radius 2 is 2.00 bits per heavy atom. The van der Waals surface area contributed by atoms with Gasteiger partial charge < -0.3 is 20.5 Å². The van der Waals surface area contributed by atoms with Gasteiger partial charge in [0.2, 0.25) is 5.91 Å². The van der Waals surface area contributed by atoms with Crippen LogP contribution in [-0.4, -0.2) is 68.6 Å². The van der Waals surface area contributed by atoms with Crippen molar-refractivity contribution in [3.63, 3.8) is 0 Å². The molecule has 2 fully saturated rings. The molecule has 12 heteroatoms. The van der Waals surface area contributed by atoms with Crippen molar-refractivity contribution in [1.82, 2.24) is 30.2 Å². The number of halogens is 4. The average Bonchev–Trinajstić information content (AvgIpc) is 3.59. The smallest absolute Gasteiger partial charge is 0.353 e. The van der Waals surface area contributed by atoms with E-state index < -0.39 is 30.0 Å². The van der Waals surface area contributed by atoms with E-state index in [1.165, 1.54) is 12.8 Å². The lowest BCUT2D eigenvalue weighted by Gasteiger charge is -2.41. The molecular formula is C24H27F4N7O. The Hall–Kier alpha value is -3.28. The van der Waals surface area contributed by atoms with Crippen LogP contribution in [0.3, 0.4) is 0 Å². The van der Waals surface area contributed by atoms with Crippen LogP contribution in [0, 0.1) is 11.7 Å². The summed E-state index contributed by atoms with van der Waals surface area (Å²) in [5.74, 6) is -0.899. The second-order valence-electron chi connectivity index (χ2n) is 9.57. The van der Waals surface area contributed by atoms with Crippen LogP contribution in [0.2, 0.25) is 0 Å². The fourth-order valence-corrected chi connectivity index (χ4v) is 4.64. The Morgan fingerprint density at radius 1 is 1.22 bits per heavy atom. The first-order chi connectivity index (χ1) is 17.2. The normalized spacial score (nSPS) is 18.3. The van der Waals surface area contributed by atoms with E-state index in [-0.39, 0.29) is 24.5 Å². The van der Waals surface area contributed by atoms with Crippen molar-refractivity contribution in [2.24, 2.45) is 5.92 Å². The highest BCUT2D eigenvalue weighted by Gasteiger charge is 2.43. The summed E-state index contributed by atoms with van der Waals surface area (Å²) in [7, 11) is 0. The minimum Gasteiger partial charge on any atom is -0.353 e. The number of anilines is 1. The van der Waals surface area contributed by atoms with Crippen molar-refractivity contribution >= 4 is 22.8 Å². The lowest BCUT2D eigenvalue weighted by molar-refractivity contribution is -0.142. The van der Waals surface area contributed by atoms with Gasteiger partial charge in [-0.05, 0) is 43.9 Å². The number of amides is 1. The Bertz CT molecular complexity index is 1230. The number of carbonyl (C=O) groups is 1. The topological polar surface area (TPSA) is 98.8 Å². The number of likely N-dealkylation sites (tertiary alicyclic amines) is 1. The summed E-state index contributed by atoms with van der Waals surface area (Å²) in [6.07, 6.45) is 3.70. The minimum absolute atomic E-state index is 0.200. The van der Waals surface area contributed by atoms with Gasteiger partial charge in [-0.1, -0.05) is 12.8 Å². The quantitative estimate of drug-likeness (QED) is 0.402. The number of hydrogen-bond acceptors (Lipinski definition) is 6. The van der Waals surface area contributed by atoms with Crippen LogP contribution in [-0.2, 0) is 4.79 Å².